The Bertz CT molecular complexity index is 510. The second-order valence-electron chi connectivity index (χ2n) is 3.74. The Morgan fingerprint density at radius 1 is 1.67 bits per heavy atom. The predicted octanol–water partition coefficient (Wildman–Crippen LogP) is 2.89. The summed E-state index contributed by atoms with van der Waals surface area (Å²) < 4.78 is 5.12. The van der Waals surface area contributed by atoms with E-state index in [-0.39, 0.29) is 11.7 Å². The molecule has 2 aromatic rings. The number of aromatic nitrogens is 2. The predicted molar refractivity (Wildman–Crippen MR) is 70.6 cm³/mol. The maximum absolute atomic E-state index is 10.5. The Balaban J connectivity index is 1.89. The zero-order valence-electron chi connectivity index (χ0n) is 9.70. The van der Waals surface area contributed by atoms with E-state index in [0.29, 0.717) is 17.5 Å². The van der Waals surface area contributed by atoms with Crippen LogP contribution in [0.1, 0.15) is 19.2 Å². The minimum absolute atomic E-state index is 0.0268. The monoisotopic (exact) mass is 284 g/mol. The van der Waals surface area contributed by atoms with Crippen LogP contribution in [0.3, 0.4) is 0 Å². The van der Waals surface area contributed by atoms with Crippen molar-refractivity contribution < 1.29 is 14.4 Å². The van der Waals surface area contributed by atoms with E-state index < -0.39 is 5.97 Å². The van der Waals surface area contributed by atoms with Gasteiger partial charge in [-0.05, 0) is 11.4 Å². The van der Waals surface area contributed by atoms with Crippen LogP contribution in [-0.2, 0) is 10.5 Å². The second kappa shape index (κ2) is 6.01. The summed E-state index contributed by atoms with van der Waals surface area (Å²) in [6, 6.07) is 1.93. The molecule has 96 valence electrons. The van der Waals surface area contributed by atoms with Gasteiger partial charge in [0.1, 0.15) is 0 Å². The molecule has 0 saturated carbocycles. The van der Waals surface area contributed by atoms with E-state index in [4.69, 9.17) is 9.63 Å². The van der Waals surface area contributed by atoms with E-state index >= 15 is 0 Å². The highest BCUT2D eigenvalue weighted by molar-refractivity contribution is 7.99. The molecule has 0 aromatic carbocycles. The number of rotatable bonds is 6. The first-order valence-electron chi connectivity index (χ1n) is 5.33. The Kier molecular flexibility index (Phi) is 4.38. The minimum atomic E-state index is -0.792. The van der Waals surface area contributed by atoms with Crippen molar-refractivity contribution >= 4 is 29.1 Å². The molecular weight excluding hydrogens is 272 g/mol. The van der Waals surface area contributed by atoms with Crippen LogP contribution in [0, 0.1) is 0 Å². The van der Waals surface area contributed by atoms with Crippen molar-refractivity contribution in [1.29, 1.82) is 0 Å². The molecule has 1 N–H and O–H groups in total. The molecule has 0 fully saturated rings. The summed E-state index contributed by atoms with van der Waals surface area (Å²) in [5.74, 6) is 0.849. The van der Waals surface area contributed by atoms with Crippen LogP contribution in [0.5, 0.6) is 0 Å². The van der Waals surface area contributed by atoms with Crippen molar-refractivity contribution in [2.75, 3.05) is 0 Å². The maximum Gasteiger partial charge on any atom is 0.304 e. The molecular formula is C11H12N2O3S2. The Morgan fingerprint density at radius 3 is 3.17 bits per heavy atom. The van der Waals surface area contributed by atoms with Crippen LogP contribution in [0.15, 0.2) is 21.3 Å². The summed E-state index contributed by atoms with van der Waals surface area (Å²) in [6.45, 7) is 1.87. The normalized spacial score (nSPS) is 12.5. The number of thiophene rings is 1. The first-order chi connectivity index (χ1) is 8.65. The van der Waals surface area contributed by atoms with Crippen LogP contribution >= 0.6 is 23.1 Å². The third-order valence-electron chi connectivity index (χ3n) is 2.20. The van der Waals surface area contributed by atoms with Gasteiger partial charge in [-0.25, -0.2) is 0 Å². The number of hydrogen-bond acceptors (Lipinski definition) is 6. The number of nitrogens with zero attached hydrogens (tertiary/aromatic N) is 2. The third kappa shape index (κ3) is 3.58. The van der Waals surface area contributed by atoms with E-state index in [1.54, 1.807) is 11.3 Å². The molecule has 0 aliphatic heterocycles. The molecule has 2 aromatic heterocycles. The van der Waals surface area contributed by atoms with Gasteiger partial charge in [-0.3, -0.25) is 4.79 Å². The number of carboxylic acid groups (broad SMARTS) is 1. The highest BCUT2D eigenvalue weighted by Gasteiger charge is 2.12. The summed E-state index contributed by atoms with van der Waals surface area (Å²) in [7, 11) is 0. The smallest absolute Gasteiger partial charge is 0.304 e. The lowest BCUT2D eigenvalue weighted by Crippen LogP contribution is -2.05. The van der Waals surface area contributed by atoms with Crippen molar-refractivity contribution in [3.05, 3.63) is 22.7 Å². The van der Waals surface area contributed by atoms with Gasteiger partial charge < -0.3 is 9.63 Å². The largest absolute Gasteiger partial charge is 0.481 e. The zero-order chi connectivity index (χ0) is 13.0. The summed E-state index contributed by atoms with van der Waals surface area (Å²) in [4.78, 5) is 14.8. The van der Waals surface area contributed by atoms with Crippen LogP contribution in [-0.4, -0.2) is 26.5 Å². The van der Waals surface area contributed by atoms with Gasteiger partial charge in [-0.1, -0.05) is 12.1 Å². The van der Waals surface area contributed by atoms with Crippen LogP contribution in [0.25, 0.3) is 11.4 Å². The second-order valence-corrected chi connectivity index (χ2v) is 5.95. The van der Waals surface area contributed by atoms with Crippen LogP contribution in [0.2, 0.25) is 0 Å². The van der Waals surface area contributed by atoms with E-state index in [1.807, 2.05) is 23.8 Å². The molecule has 0 amide bonds. The van der Waals surface area contributed by atoms with Crippen LogP contribution in [0.4, 0.5) is 0 Å². The highest BCUT2D eigenvalue weighted by atomic mass is 32.2. The first-order valence-corrected chi connectivity index (χ1v) is 7.33. The maximum atomic E-state index is 10.5. The van der Waals surface area contributed by atoms with Gasteiger partial charge in [0.05, 0.1) is 12.2 Å². The van der Waals surface area contributed by atoms with Crippen molar-refractivity contribution in [2.24, 2.45) is 0 Å². The Labute approximate surface area is 112 Å². The van der Waals surface area contributed by atoms with Gasteiger partial charge in [0.2, 0.25) is 11.7 Å². The van der Waals surface area contributed by atoms with Crippen LogP contribution < -0.4 is 0 Å². The molecule has 5 nitrogen and oxygen atoms in total. The molecule has 0 radical (unpaired) electrons. The lowest BCUT2D eigenvalue weighted by molar-refractivity contribution is -0.136. The quantitative estimate of drug-likeness (QED) is 0.879. The van der Waals surface area contributed by atoms with E-state index in [1.165, 1.54) is 11.8 Å². The fourth-order valence-corrected chi connectivity index (χ4v) is 2.78. The van der Waals surface area contributed by atoms with Crippen molar-refractivity contribution in [3.8, 4) is 11.4 Å². The van der Waals surface area contributed by atoms with Crippen molar-refractivity contribution in [1.82, 2.24) is 10.1 Å². The summed E-state index contributed by atoms with van der Waals surface area (Å²) in [5, 5.41) is 16.5. The fourth-order valence-electron chi connectivity index (χ4n) is 1.34. The van der Waals surface area contributed by atoms with Gasteiger partial charge in [0.25, 0.3) is 0 Å². The van der Waals surface area contributed by atoms with Gasteiger partial charge in [0, 0.05) is 16.2 Å². The van der Waals surface area contributed by atoms with E-state index in [0.717, 1.165) is 5.56 Å². The first kappa shape index (κ1) is 13.1. The molecule has 1 atom stereocenters. The third-order valence-corrected chi connectivity index (χ3v) is 4.03. The standard InChI is InChI=1S/C11H12N2O3S2/c1-7(4-10(14)15)18-6-9-12-11(13-16-9)8-2-3-17-5-8/h2-3,5,7H,4,6H2,1H3,(H,14,15). The van der Waals surface area contributed by atoms with Gasteiger partial charge in [-0.2, -0.15) is 16.3 Å². The highest BCUT2D eigenvalue weighted by Crippen LogP contribution is 2.22. The summed E-state index contributed by atoms with van der Waals surface area (Å²) >= 11 is 3.07. The lowest BCUT2D eigenvalue weighted by atomic mass is 10.3. The molecule has 0 saturated heterocycles. The number of thioether (sulfide) groups is 1. The summed E-state index contributed by atoms with van der Waals surface area (Å²) in [5.41, 5.74) is 0.943. The molecule has 18 heavy (non-hydrogen) atoms. The molecule has 0 aliphatic rings. The number of carbonyl (C=O) groups is 1. The average molecular weight is 284 g/mol. The minimum Gasteiger partial charge on any atom is -0.481 e. The van der Waals surface area contributed by atoms with Gasteiger partial charge in [-0.15, -0.1) is 11.8 Å². The molecule has 2 rings (SSSR count). The molecule has 2 heterocycles. The van der Waals surface area contributed by atoms with Gasteiger partial charge >= 0.3 is 5.97 Å². The summed E-state index contributed by atoms with van der Waals surface area (Å²) in [6.07, 6.45) is 0.135. The zero-order valence-corrected chi connectivity index (χ0v) is 11.3. The Hall–Kier alpha value is -1.34. The van der Waals surface area contributed by atoms with Crippen molar-refractivity contribution in [2.45, 2.75) is 24.3 Å². The number of hydrogen-bond donors (Lipinski definition) is 1. The number of aliphatic carboxylic acids is 1. The average Bonchev–Trinajstić information content (AvgIpc) is 2.96. The molecule has 0 aliphatic carbocycles. The fraction of sp³-hybridized carbons (Fsp3) is 0.364. The molecule has 0 spiro atoms. The molecule has 0 bridgehead atoms. The topological polar surface area (TPSA) is 76.2 Å². The lowest BCUT2D eigenvalue weighted by Gasteiger charge is -2.04. The molecule has 1 unspecified atom stereocenters. The van der Waals surface area contributed by atoms with Crippen molar-refractivity contribution in [3.63, 3.8) is 0 Å². The number of carboxylic acids is 1. The van der Waals surface area contributed by atoms with Gasteiger partial charge in [0.15, 0.2) is 0 Å². The van der Waals surface area contributed by atoms with E-state index in [2.05, 4.69) is 10.1 Å². The van der Waals surface area contributed by atoms with E-state index in [9.17, 15) is 4.79 Å². The molecule has 7 heteroatoms. The SMILES string of the molecule is CC(CC(=O)O)SCc1nc(-c2ccsc2)no1. The Morgan fingerprint density at radius 2 is 2.50 bits per heavy atom.